The van der Waals surface area contributed by atoms with E-state index in [0.29, 0.717) is 6.61 Å². The van der Waals surface area contributed by atoms with Crippen LogP contribution in [0.2, 0.25) is 0 Å². The van der Waals surface area contributed by atoms with Crippen LogP contribution in [0.25, 0.3) is 0 Å². The van der Waals surface area contributed by atoms with E-state index in [0.717, 1.165) is 49.4 Å². The number of nitrogens with one attached hydrogen (secondary N) is 2. The number of anilines is 2. The molecule has 3 rings (SSSR count). The zero-order valence-electron chi connectivity index (χ0n) is 14.8. The molecule has 1 aromatic carbocycles. The van der Waals surface area contributed by atoms with Gasteiger partial charge in [0.05, 0.1) is 25.2 Å². The quantitative estimate of drug-likeness (QED) is 0.709. The van der Waals surface area contributed by atoms with E-state index >= 15 is 0 Å². The number of nitrogens with zero attached hydrogens (tertiary/aromatic N) is 2. The molecule has 25 heavy (non-hydrogen) atoms. The van der Waals surface area contributed by atoms with Gasteiger partial charge in [-0.1, -0.05) is 32.3 Å². The van der Waals surface area contributed by atoms with Crippen molar-refractivity contribution in [1.82, 2.24) is 9.97 Å². The average Bonchev–Trinajstić information content (AvgIpc) is 3.25. The molecule has 0 spiro atoms. The van der Waals surface area contributed by atoms with E-state index in [-0.39, 0.29) is 6.09 Å². The molecule has 0 fully saturated rings. The largest absolute Gasteiger partial charge is 0.449 e. The van der Waals surface area contributed by atoms with Crippen molar-refractivity contribution in [2.45, 2.75) is 45.6 Å². The van der Waals surface area contributed by atoms with E-state index in [1.54, 1.807) is 6.33 Å². The van der Waals surface area contributed by atoms with Crippen molar-refractivity contribution in [1.29, 1.82) is 0 Å². The van der Waals surface area contributed by atoms with Gasteiger partial charge in [-0.05, 0) is 30.5 Å². The van der Waals surface area contributed by atoms with Gasteiger partial charge in [0, 0.05) is 24.1 Å². The van der Waals surface area contributed by atoms with Gasteiger partial charge in [-0.15, -0.1) is 0 Å². The van der Waals surface area contributed by atoms with Crippen molar-refractivity contribution in [3.8, 4) is 0 Å². The number of rotatable bonds is 8. The summed E-state index contributed by atoms with van der Waals surface area (Å²) in [7, 11) is 0. The third kappa shape index (κ3) is 4.75. The van der Waals surface area contributed by atoms with E-state index in [1.165, 1.54) is 18.4 Å². The molecule has 1 aliphatic rings. The summed E-state index contributed by atoms with van der Waals surface area (Å²) in [6, 6.07) is 6.05. The van der Waals surface area contributed by atoms with Crippen LogP contribution in [0.4, 0.5) is 16.2 Å². The summed E-state index contributed by atoms with van der Waals surface area (Å²) in [6.07, 6.45) is 8.56. The van der Waals surface area contributed by atoms with Crippen LogP contribution < -0.4 is 10.2 Å². The second-order valence-corrected chi connectivity index (χ2v) is 6.41. The van der Waals surface area contributed by atoms with Gasteiger partial charge in [-0.2, -0.15) is 0 Å². The first-order valence-corrected chi connectivity index (χ1v) is 9.05. The van der Waals surface area contributed by atoms with Crippen molar-refractivity contribution < 1.29 is 9.53 Å². The standard InChI is InChI=1S/C19H26N4O2/c1-2-3-4-5-10-25-19(24)22-16-7-6-15-8-9-23(18(15)11-16)13-17-12-20-14-21-17/h6-7,11-12,14H,2-5,8-10,13H2,1H3,(H,20,21)(H,22,24). The number of aromatic amines is 1. The number of fused-ring (bicyclic) bond motifs is 1. The maximum atomic E-state index is 11.9. The fraction of sp³-hybridized carbons (Fsp3) is 0.474. The second kappa shape index (κ2) is 8.55. The zero-order valence-corrected chi connectivity index (χ0v) is 14.8. The molecule has 1 amide bonds. The summed E-state index contributed by atoms with van der Waals surface area (Å²) in [5.74, 6) is 0. The Hall–Kier alpha value is -2.50. The maximum absolute atomic E-state index is 11.9. The maximum Gasteiger partial charge on any atom is 0.411 e. The highest BCUT2D eigenvalue weighted by Crippen LogP contribution is 2.31. The fourth-order valence-corrected chi connectivity index (χ4v) is 3.11. The summed E-state index contributed by atoms with van der Waals surface area (Å²) in [6.45, 7) is 4.40. The van der Waals surface area contributed by atoms with Crippen LogP contribution in [0.5, 0.6) is 0 Å². The number of carbonyl (C=O) groups is 1. The molecule has 0 atom stereocenters. The molecule has 6 heteroatoms. The molecule has 0 bridgehead atoms. The molecule has 2 N–H and O–H groups in total. The Labute approximate surface area is 148 Å². The molecule has 0 saturated heterocycles. The number of hydrogen-bond donors (Lipinski definition) is 2. The average molecular weight is 342 g/mol. The van der Waals surface area contributed by atoms with Gasteiger partial charge >= 0.3 is 6.09 Å². The van der Waals surface area contributed by atoms with Crippen molar-refractivity contribution in [3.05, 3.63) is 42.0 Å². The minimum atomic E-state index is -0.380. The summed E-state index contributed by atoms with van der Waals surface area (Å²) in [4.78, 5) is 21.4. The van der Waals surface area contributed by atoms with E-state index in [4.69, 9.17) is 4.74 Å². The molecule has 2 aromatic rings. The Bertz CT molecular complexity index is 685. The minimum absolute atomic E-state index is 0.380. The van der Waals surface area contributed by atoms with Gasteiger partial charge < -0.3 is 14.6 Å². The molecule has 134 valence electrons. The Morgan fingerprint density at radius 3 is 3.08 bits per heavy atom. The predicted molar refractivity (Wildman–Crippen MR) is 98.9 cm³/mol. The number of hydrogen-bond acceptors (Lipinski definition) is 4. The predicted octanol–water partition coefficient (Wildman–Crippen LogP) is 4.10. The summed E-state index contributed by atoms with van der Waals surface area (Å²) >= 11 is 0. The lowest BCUT2D eigenvalue weighted by Crippen LogP contribution is -2.20. The van der Waals surface area contributed by atoms with Crippen molar-refractivity contribution in [2.24, 2.45) is 0 Å². The molecule has 0 radical (unpaired) electrons. The normalized spacial score (nSPS) is 12.9. The fourth-order valence-electron chi connectivity index (χ4n) is 3.11. The van der Waals surface area contributed by atoms with Crippen LogP contribution in [0.15, 0.2) is 30.7 Å². The lowest BCUT2D eigenvalue weighted by atomic mass is 10.1. The lowest BCUT2D eigenvalue weighted by Gasteiger charge is -2.19. The van der Waals surface area contributed by atoms with E-state index in [9.17, 15) is 4.79 Å². The molecule has 6 nitrogen and oxygen atoms in total. The Kier molecular flexibility index (Phi) is 5.93. The molecule has 0 aliphatic carbocycles. The first kappa shape index (κ1) is 17.3. The number of H-pyrrole nitrogens is 1. The molecule has 0 saturated carbocycles. The summed E-state index contributed by atoms with van der Waals surface area (Å²) in [5, 5.41) is 2.83. The van der Waals surface area contributed by atoms with Crippen LogP contribution >= 0.6 is 0 Å². The Morgan fingerprint density at radius 1 is 1.36 bits per heavy atom. The molecule has 0 unspecified atom stereocenters. The number of benzene rings is 1. The first-order chi connectivity index (χ1) is 12.3. The lowest BCUT2D eigenvalue weighted by molar-refractivity contribution is 0.159. The highest BCUT2D eigenvalue weighted by Gasteiger charge is 2.20. The number of carbonyl (C=O) groups excluding carboxylic acids is 1. The number of amides is 1. The highest BCUT2D eigenvalue weighted by molar-refractivity contribution is 5.86. The van der Waals surface area contributed by atoms with Crippen LogP contribution in [0.3, 0.4) is 0 Å². The molecular weight excluding hydrogens is 316 g/mol. The van der Waals surface area contributed by atoms with Crippen molar-refractivity contribution in [3.63, 3.8) is 0 Å². The molecular formula is C19H26N4O2. The van der Waals surface area contributed by atoms with Gasteiger partial charge in [0.1, 0.15) is 0 Å². The van der Waals surface area contributed by atoms with Gasteiger partial charge in [-0.3, -0.25) is 5.32 Å². The third-order valence-electron chi connectivity index (χ3n) is 4.47. The summed E-state index contributed by atoms with van der Waals surface area (Å²) in [5.41, 5.74) is 4.32. The number of ether oxygens (including phenoxy) is 1. The first-order valence-electron chi connectivity index (χ1n) is 9.05. The third-order valence-corrected chi connectivity index (χ3v) is 4.47. The molecule has 2 heterocycles. The number of aromatic nitrogens is 2. The smallest absolute Gasteiger partial charge is 0.411 e. The second-order valence-electron chi connectivity index (χ2n) is 6.41. The zero-order chi connectivity index (χ0) is 17.5. The van der Waals surface area contributed by atoms with Crippen LogP contribution in [-0.4, -0.2) is 29.2 Å². The molecule has 1 aromatic heterocycles. The topological polar surface area (TPSA) is 70.2 Å². The Balaban J connectivity index is 1.54. The van der Waals surface area contributed by atoms with Gasteiger partial charge in [-0.25, -0.2) is 9.78 Å². The van der Waals surface area contributed by atoms with Crippen molar-refractivity contribution in [2.75, 3.05) is 23.4 Å². The van der Waals surface area contributed by atoms with Crippen molar-refractivity contribution >= 4 is 17.5 Å². The SMILES string of the molecule is CCCCCCOC(=O)Nc1ccc2c(c1)N(Cc1cnc[nH]1)CC2. The minimum Gasteiger partial charge on any atom is -0.449 e. The highest BCUT2D eigenvalue weighted by atomic mass is 16.5. The van der Waals surface area contributed by atoms with Gasteiger partial charge in [0.2, 0.25) is 0 Å². The number of imidazole rings is 1. The van der Waals surface area contributed by atoms with Crippen LogP contribution in [0.1, 0.15) is 43.9 Å². The van der Waals surface area contributed by atoms with E-state index < -0.39 is 0 Å². The van der Waals surface area contributed by atoms with Gasteiger partial charge in [0.15, 0.2) is 0 Å². The van der Waals surface area contributed by atoms with Crippen LogP contribution in [-0.2, 0) is 17.7 Å². The summed E-state index contributed by atoms with van der Waals surface area (Å²) < 4.78 is 5.25. The molecule has 1 aliphatic heterocycles. The Morgan fingerprint density at radius 2 is 2.28 bits per heavy atom. The van der Waals surface area contributed by atoms with E-state index in [2.05, 4.69) is 33.2 Å². The monoisotopic (exact) mass is 342 g/mol. The van der Waals surface area contributed by atoms with Gasteiger partial charge in [0.25, 0.3) is 0 Å². The number of unbranched alkanes of at least 4 members (excludes halogenated alkanes) is 3. The van der Waals surface area contributed by atoms with E-state index in [1.807, 2.05) is 18.3 Å². The van der Waals surface area contributed by atoms with Crippen LogP contribution in [0, 0.1) is 0 Å².